The average molecular weight is 428 g/mol. The molecular weight excluding hydrogens is 400 g/mol. The van der Waals surface area contributed by atoms with Gasteiger partial charge in [0.1, 0.15) is 3.23 Å². The van der Waals surface area contributed by atoms with Gasteiger partial charge >= 0.3 is 0 Å². The van der Waals surface area contributed by atoms with Crippen LogP contribution in [0.15, 0.2) is 36.4 Å². The van der Waals surface area contributed by atoms with Crippen LogP contribution in [0.1, 0.15) is 59.9 Å². The minimum atomic E-state index is -0.167. The van der Waals surface area contributed by atoms with E-state index in [0.29, 0.717) is 0 Å². The van der Waals surface area contributed by atoms with Crippen molar-refractivity contribution in [2.75, 3.05) is 0 Å². The van der Waals surface area contributed by atoms with Crippen molar-refractivity contribution < 1.29 is 0 Å². The number of hydrogen-bond donors (Lipinski definition) is 0. The van der Waals surface area contributed by atoms with Crippen LogP contribution in [0.2, 0.25) is 0 Å². The van der Waals surface area contributed by atoms with Crippen LogP contribution >= 0.6 is 31.9 Å². The van der Waals surface area contributed by atoms with Gasteiger partial charge in [-0.15, -0.1) is 0 Å². The standard InChI is InChI=1S/C20H28Br2/c1-17(2,3)19(18(4,5)6)13-12-16(20(21,22)14-19)15-10-8-7-9-11-15/h7-12H,13-14H2,1-6H3. The molecule has 122 valence electrons. The van der Waals surface area contributed by atoms with Crippen LogP contribution in [0.4, 0.5) is 0 Å². The summed E-state index contributed by atoms with van der Waals surface area (Å²) in [6, 6.07) is 10.7. The van der Waals surface area contributed by atoms with Crippen molar-refractivity contribution in [2.45, 2.75) is 57.6 Å². The third-order valence-electron chi connectivity index (χ3n) is 5.53. The summed E-state index contributed by atoms with van der Waals surface area (Å²) in [4.78, 5) is 0. The molecule has 0 saturated heterocycles. The summed E-state index contributed by atoms with van der Waals surface area (Å²) in [6.45, 7) is 14.3. The van der Waals surface area contributed by atoms with Gasteiger partial charge in [-0.05, 0) is 40.2 Å². The molecule has 0 bridgehead atoms. The molecule has 0 atom stereocenters. The smallest absolute Gasteiger partial charge is 0.0778 e. The van der Waals surface area contributed by atoms with Gasteiger partial charge in [-0.1, -0.05) is 110 Å². The minimum Gasteiger partial charge on any atom is -0.0778 e. The lowest BCUT2D eigenvalue weighted by molar-refractivity contribution is -0.0390. The first-order valence-corrected chi connectivity index (χ1v) is 9.63. The Morgan fingerprint density at radius 2 is 1.36 bits per heavy atom. The van der Waals surface area contributed by atoms with Gasteiger partial charge in [0.15, 0.2) is 0 Å². The Balaban J connectivity index is 2.54. The van der Waals surface area contributed by atoms with E-state index < -0.39 is 0 Å². The van der Waals surface area contributed by atoms with Crippen LogP contribution in [-0.4, -0.2) is 3.23 Å². The van der Waals surface area contributed by atoms with E-state index in [1.54, 1.807) is 0 Å². The zero-order valence-corrected chi connectivity index (χ0v) is 17.8. The molecule has 1 aromatic rings. The van der Waals surface area contributed by atoms with Crippen LogP contribution in [0.5, 0.6) is 0 Å². The Hall–Kier alpha value is -0.0800. The third-order valence-corrected chi connectivity index (χ3v) is 6.94. The highest BCUT2D eigenvalue weighted by atomic mass is 79.9. The summed E-state index contributed by atoms with van der Waals surface area (Å²) >= 11 is 8.01. The van der Waals surface area contributed by atoms with Gasteiger partial charge in [-0.3, -0.25) is 0 Å². The van der Waals surface area contributed by atoms with E-state index in [2.05, 4.69) is 110 Å². The summed E-state index contributed by atoms with van der Waals surface area (Å²) in [5, 5.41) is 0. The maximum Gasteiger partial charge on any atom is 0.106 e. The fourth-order valence-corrected chi connectivity index (χ4v) is 5.93. The van der Waals surface area contributed by atoms with E-state index in [4.69, 9.17) is 0 Å². The van der Waals surface area contributed by atoms with Crippen molar-refractivity contribution in [2.24, 2.45) is 16.2 Å². The maximum atomic E-state index is 4.00. The summed E-state index contributed by atoms with van der Waals surface area (Å²) in [5.74, 6) is 0. The molecule has 0 heterocycles. The first kappa shape index (κ1) is 18.3. The fraction of sp³-hybridized carbons (Fsp3) is 0.600. The molecule has 0 amide bonds. The van der Waals surface area contributed by atoms with Crippen molar-refractivity contribution in [3.05, 3.63) is 42.0 Å². The number of alkyl halides is 2. The van der Waals surface area contributed by atoms with Crippen LogP contribution in [-0.2, 0) is 0 Å². The molecule has 0 N–H and O–H groups in total. The Morgan fingerprint density at radius 3 is 1.77 bits per heavy atom. The molecule has 0 saturated carbocycles. The first-order chi connectivity index (χ1) is 9.91. The van der Waals surface area contributed by atoms with Gasteiger partial charge in [0.2, 0.25) is 0 Å². The SMILES string of the molecule is CC(C)(C)C1(C(C)(C)C)CC=C(c2ccccc2)C(Br)(Br)C1. The van der Waals surface area contributed by atoms with Gasteiger partial charge in [0, 0.05) is 0 Å². The van der Waals surface area contributed by atoms with Crippen molar-refractivity contribution >= 4 is 37.4 Å². The molecule has 22 heavy (non-hydrogen) atoms. The molecule has 2 heteroatoms. The monoisotopic (exact) mass is 426 g/mol. The summed E-state index contributed by atoms with van der Waals surface area (Å²) < 4.78 is -0.167. The molecule has 2 rings (SSSR count). The summed E-state index contributed by atoms with van der Waals surface area (Å²) in [5.41, 5.74) is 3.35. The van der Waals surface area contributed by atoms with E-state index >= 15 is 0 Å². The lowest BCUT2D eigenvalue weighted by Gasteiger charge is -2.58. The van der Waals surface area contributed by atoms with E-state index in [1.807, 2.05) is 0 Å². The number of allylic oxidation sites excluding steroid dienone is 2. The molecule has 0 radical (unpaired) electrons. The highest BCUT2D eigenvalue weighted by molar-refractivity contribution is 9.25. The van der Waals surface area contributed by atoms with Crippen LogP contribution in [0, 0.1) is 16.2 Å². The molecule has 1 aliphatic carbocycles. The first-order valence-electron chi connectivity index (χ1n) is 8.05. The minimum absolute atomic E-state index is 0.167. The second kappa shape index (κ2) is 5.77. The lowest BCUT2D eigenvalue weighted by atomic mass is 9.49. The topological polar surface area (TPSA) is 0 Å². The number of rotatable bonds is 1. The van der Waals surface area contributed by atoms with Crippen LogP contribution < -0.4 is 0 Å². The van der Waals surface area contributed by atoms with Crippen LogP contribution in [0.3, 0.4) is 0 Å². The summed E-state index contributed by atoms with van der Waals surface area (Å²) in [7, 11) is 0. The highest BCUT2D eigenvalue weighted by Gasteiger charge is 2.55. The molecule has 0 aromatic heterocycles. The zero-order valence-electron chi connectivity index (χ0n) is 14.6. The average Bonchev–Trinajstić information content (AvgIpc) is 2.35. The van der Waals surface area contributed by atoms with Crippen molar-refractivity contribution in [1.82, 2.24) is 0 Å². The van der Waals surface area contributed by atoms with Crippen molar-refractivity contribution in [1.29, 1.82) is 0 Å². The van der Waals surface area contributed by atoms with E-state index in [0.717, 1.165) is 12.8 Å². The zero-order chi connectivity index (χ0) is 16.8. The van der Waals surface area contributed by atoms with Crippen molar-refractivity contribution in [3.63, 3.8) is 0 Å². The number of hydrogen-bond acceptors (Lipinski definition) is 0. The predicted molar refractivity (Wildman–Crippen MR) is 106 cm³/mol. The van der Waals surface area contributed by atoms with Gasteiger partial charge < -0.3 is 0 Å². The van der Waals surface area contributed by atoms with Crippen LogP contribution in [0.25, 0.3) is 5.57 Å². The molecule has 0 fully saturated rings. The highest BCUT2D eigenvalue weighted by Crippen LogP contribution is 2.65. The van der Waals surface area contributed by atoms with Gasteiger partial charge in [-0.2, -0.15) is 0 Å². The maximum absolute atomic E-state index is 4.00. The lowest BCUT2D eigenvalue weighted by Crippen LogP contribution is -2.50. The summed E-state index contributed by atoms with van der Waals surface area (Å²) in [6.07, 6.45) is 4.63. The largest absolute Gasteiger partial charge is 0.106 e. The second-order valence-electron chi connectivity index (χ2n) is 8.65. The molecule has 1 aliphatic rings. The predicted octanol–water partition coefficient (Wildman–Crippen LogP) is 7.43. The number of benzene rings is 1. The Labute approximate surface area is 153 Å². The second-order valence-corrected chi connectivity index (χ2v) is 12.4. The van der Waals surface area contributed by atoms with Gasteiger partial charge in [-0.25, -0.2) is 0 Å². The number of halogens is 2. The Morgan fingerprint density at radius 1 is 0.864 bits per heavy atom. The fourth-order valence-electron chi connectivity index (χ4n) is 4.19. The van der Waals surface area contributed by atoms with E-state index in [1.165, 1.54) is 11.1 Å². The van der Waals surface area contributed by atoms with Gasteiger partial charge in [0.05, 0.1) is 0 Å². The van der Waals surface area contributed by atoms with E-state index in [9.17, 15) is 0 Å². The van der Waals surface area contributed by atoms with E-state index in [-0.39, 0.29) is 19.5 Å². The molecule has 1 aromatic carbocycles. The molecule has 0 aliphatic heterocycles. The van der Waals surface area contributed by atoms with Crippen molar-refractivity contribution in [3.8, 4) is 0 Å². The molecular formula is C20H28Br2. The Bertz CT molecular complexity index is 540. The molecule has 0 spiro atoms. The Kier molecular flexibility index (Phi) is 4.79. The molecule has 0 unspecified atom stereocenters. The quantitative estimate of drug-likeness (QED) is 0.408. The normalized spacial score (nSPS) is 21.4. The third kappa shape index (κ3) is 3.11. The van der Waals surface area contributed by atoms with Gasteiger partial charge in [0.25, 0.3) is 0 Å². The molecule has 0 nitrogen and oxygen atoms in total.